The van der Waals surface area contributed by atoms with Gasteiger partial charge in [0.05, 0.1) is 6.04 Å². The first kappa shape index (κ1) is 12.3. The van der Waals surface area contributed by atoms with E-state index in [1.165, 1.54) is 43.2 Å². The van der Waals surface area contributed by atoms with Gasteiger partial charge in [-0.2, -0.15) is 0 Å². The molecule has 0 amide bonds. The first-order valence-corrected chi connectivity index (χ1v) is 6.59. The molecule has 1 aliphatic carbocycles. The second-order valence-corrected chi connectivity index (χ2v) is 4.83. The molecular formula is C15H22N2. The van der Waals surface area contributed by atoms with E-state index in [9.17, 15) is 0 Å². The van der Waals surface area contributed by atoms with Crippen LogP contribution in [0.1, 0.15) is 49.3 Å². The fraction of sp³-hybridized carbons (Fsp3) is 0.533. The van der Waals surface area contributed by atoms with Gasteiger partial charge in [-0.3, -0.25) is 4.98 Å². The lowest BCUT2D eigenvalue weighted by molar-refractivity contribution is 0.624. The number of aromatic nitrogens is 1. The molecular weight excluding hydrogens is 208 g/mol. The molecule has 92 valence electrons. The van der Waals surface area contributed by atoms with Gasteiger partial charge >= 0.3 is 0 Å². The summed E-state index contributed by atoms with van der Waals surface area (Å²) in [6.07, 6.45) is 12.8. The molecule has 0 bridgehead atoms. The van der Waals surface area contributed by atoms with E-state index < -0.39 is 0 Å². The van der Waals surface area contributed by atoms with Crippen molar-refractivity contribution >= 4 is 0 Å². The van der Waals surface area contributed by atoms with Crippen LogP contribution in [-0.4, -0.2) is 12.0 Å². The maximum atomic E-state index is 4.27. The van der Waals surface area contributed by atoms with Crippen LogP contribution in [0.25, 0.3) is 0 Å². The Bertz CT molecular complexity index is 396. The van der Waals surface area contributed by atoms with Crippen LogP contribution in [0.15, 0.2) is 30.1 Å². The van der Waals surface area contributed by atoms with E-state index in [2.05, 4.69) is 29.4 Å². The molecule has 0 saturated carbocycles. The zero-order chi connectivity index (χ0) is 12.1. The topological polar surface area (TPSA) is 24.9 Å². The fourth-order valence-corrected chi connectivity index (χ4v) is 2.62. The van der Waals surface area contributed by atoms with Crippen LogP contribution in [0, 0.1) is 6.92 Å². The Kier molecular flexibility index (Phi) is 4.32. The molecule has 0 fully saturated rings. The molecule has 1 aliphatic rings. The van der Waals surface area contributed by atoms with Gasteiger partial charge in [0, 0.05) is 12.4 Å². The first-order valence-electron chi connectivity index (χ1n) is 6.59. The molecule has 2 nitrogen and oxygen atoms in total. The Balaban J connectivity index is 2.26. The highest BCUT2D eigenvalue weighted by Gasteiger charge is 2.17. The number of hydrogen-bond donors (Lipinski definition) is 1. The van der Waals surface area contributed by atoms with Crippen LogP contribution >= 0.6 is 0 Å². The molecule has 0 aliphatic heterocycles. The van der Waals surface area contributed by atoms with Gasteiger partial charge in [0.1, 0.15) is 0 Å². The van der Waals surface area contributed by atoms with Gasteiger partial charge in [0.2, 0.25) is 0 Å². The Morgan fingerprint density at radius 2 is 2.18 bits per heavy atom. The van der Waals surface area contributed by atoms with E-state index in [4.69, 9.17) is 0 Å². The summed E-state index contributed by atoms with van der Waals surface area (Å²) in [4.78, 5) is 4.27. The minimum absolute atomic E-state index is 0.349. The minimum atomic E-state index is 0.349. The normalized spacial score (nSPS) is 18.4. The Hall–Kier alpha value is -1.15. The number of nitrogens with zero attached hydrogens (tertiary/aromatic N) is 1. The largest absolute Gasteiger partial charge is 0.310 e. The van der Waals surface area contributed by atoms with Crippen LogP contribution in [-0.2, 0) is 0 Å². The molecule has 0 saturated heterocycles. The average molecular weight is 230 g/mol. The highest BCUT2D eigenvalue weighted by atomic mass is 14.9. The number of pyridine rings is 1. The number of allylic oxidation sites excluding steroid dienone is 1. The number of aryl methyl sites for hydroxylation is 1. The lowest BCUT2D eigenvalue weighted by Gasteiger charge is -2.21. The standard InChI is InChI=1S/C15H22N2/c1-12-9-10-17-11-14(12)15(16-2)13-7-5-3-4-6-8-13/h7,9-11,15-16H,3-6,8H2,1-2H3. The van der Waals surface area contributed by atoms with Gasteiger partial charge in [-0.05, 0) is 56.8 Å². The highest BCUT2D eigenvalue weighted by Crippen LogP contribution is 2.29. The minimum Gasteiger partial charge on any atom is -0.310 e. The van der Waals surface area contributed by atoms with E-state index in [0.29, 0.717) is 6.04 Å². The van der Waals surface area contributed by atoms with Crippen molar-refractivity contribution in [3.63, 3.8) is 0 Å². The zero-order valence-corrected chi connectivity index (χ0v) is 10.9. The van der Waals surface area contributed by atoms with Crippen LogP contribution in [0.4, 0.5) is 0 Å². The van der Waals surface area contributed by atoms with Gasteiger partial charge in [0.25, 0.3) is 0 Å². The molecule has 1 aromatic rings. The fourth-order valence-electron chi connectivity index (χ4n) is 2.62. The van der Waals surface area contributed by atoms with Crippen molar-refractivity contribution < 1.29 is 0 Å². The number of rotatable bonds is 3. The predicted octanol–water partition coefficient (Wildman–Crippen LogP) is 3.54. The molecule has 0 radical (unpaired) electrons. The van der Waals surface area contributed by atoms with E-state index in [1.54, 1.807) is 5.57 Å². The smallest absolute Gasteiger partial charge is 0.0551 e. The molecule has 1 atom stereocenters. The van der Waals surface area contributed by atoms with Gasteiger partial charge in [-0.1, -0.05) is 18.1 Å². The molecule has 1 heterocycles. The molecule has 1 aromatic heterocycles. The molecule has 17 heavy (non-hydrogen) atoms. The summed E-state index contributed by atoms with van der Waals surface area (Å²) in [7, 11) is 2.04. The van der Waals surface area contributed by atoms with Crippen molar-refractivity contribution in [2.45, 2.75) is 45.1 Å². The molecule has 0 aromatic carbocycles. The number of hydrogen-bond acceptors (Lipinski definition) is 2. The Labute approximate surface area is 104 Å². The van der Waals surface area contributed by atoms with E-state index >= 15 is 0 Å². The summed E-state index contributed by atoms with van der Waals surface area (Å²) >= 11 is 0. The van der Waals surface area contributed by atoms with Crippen LogP contribution < -0.4 is 5.32 Å². The Morgan fingerprint density at radius 3 is 2.94 bits per heavy atom. The van der Waals surface area contributed by atoms with Gasteiger partial charge in [0.15, 0.2) is 0 Å². The highest BCUT2D eigenvalue weighted by molar-refractivity contribution is 5.32. The molecule has 1 N–H and O–H groups in total. The number of likely N-dealkylation sites (N-methyl/N-ethyl adjacent to an activating group) is 1. The monoisotopic (exact) mass is 230 g/mol. The summed E-state index contributed by atoms with van der Waals surface area (Å²) in [6, 6.07) is 2.44. The number of nitrogens with one attached hydrogen (secondary N) is 1. The van der Waals surface area contributed by atoms with Gasteiger partial charge in [-0.25, -0.2) is 0 Å². The summed E-state index contributed by atoms with van der Waals surface area (Å²) in [5.74, 6) is 0. The van der Waals surface area contributed by atoms with E-state index in [0.717, 1.165) is 0 Å². The SMILES string of the molecule is CNC(C1=CCCCCC1)c1cnccc1C. The van der Waals surface area contributed by atoms with Crippen molar-refractivity contribution in [1.29, 1.82) is 0 Å². The lowest BCUT2D eigenvalue weighted by Crippen LogP contribution is -2.20. The predicted molar refractivity (Wildman–Crippen MR) is 71.9 cm³/mol. The summed E-state index contributed by atoms with van der Waals surface area (Å²) in [5, 5.41) is 3.45. The van der Waals surface area contributed by atoms with Crippen molar-refractivity contribution in [2.24, 2.45) is 0 Å². The second-order valence-electron chi connectivity index (χ2n) is 4.83. The van der Waals surface area contributed by atoms with Crippen molar-refractivity contribution in [3.8, 4) is 0 Å². The van der Waals surface area contributed by atoms with Gasteiger partial charge < -0.3 is 5.32 Å². The maximum Gasteiger partial charge on any atom is 0.0551 e. The maximum absolute atomic E-state index is 4.27. The van der Waals surface area contributed by atoms with Crippen LogP contribution in [0.5, 0.6) is 0 Å². The average Bonchev–Trinajstić information content (AvgIpc) is 2.62. The van der Waals surface area contributed by atoms with Crippen molar-refractivity contribution in [2.75, 3.05) is 7.05 Å². The summed E-state index contributed by atoms with van der Waals surface area (Å²) in [6.45, 7) is 2.17. The zero-order valence-electron chi connectivity index (χ0n) is 10.9. The van der Waals surface area contributed by atoms with Crippen LogP contribution in [0.2, 0.25) is 0 Å². The second kappa shape index (κ2) is 5.97. The molecule has 2 heteroatoms. The Morgan fingerprint density at radius 1 is 1.29 bits per heavy atom. The third kappa shape index (κ3) is 2.95. The van der Waals surface area contributed by atoms with Crippen LogP contribution in [0.3, 0.4) is 0 Å². The molecule has 1 unspecified atom stereocenters. The first-order chi connectivity index (χ1) is 8.33. The van der Waals surface area contributed by atoms with E-state index in [-0.39, 0.29) is 0 Å². The lowest BCUT2D eigenvalue weighted by atomic mass is 9.94. The van der Waals surface area contributed by atoms with Crippen molar-refractivity contribution in [1.82, 2.24) is 10.3 Å². The third-order valence-electron chi connectivity index (χ3n) is 3.63. The molecule has 0 spiro atoms. The third-order valence-corrected chi connectivity index (χ3v) is 3.63. The quantitative estimate of drug-likeness (QED) is 0.803. The van der Waals surface area contributed by atoms with Gasteiger partial charge in [-0.15, -0.1) is 0 Å². The van der Waals surface area contributed by atoms with Crippen molar-refractivity contribution in [3.05, 3.63) is 41.2 Å². The summed E-state index contributed by atoms with van der Waals surface area (Å²) in [5.41, 5.74) is 4.19. The van der Waals surface area contributed by atoms with E-state index in [1.807, 2.05) is 19.4 Å². The summed E-state index contributed by atoms with van der Waals surface area (Å²) < 4.78 is 0. The molecule has 2 rings (SSSR count).